The van der Waals surface area contributed by atoms with Crippen molar-refractivity contribution >= 4 is 34.1 Å². The number of fused-ring (bicyclic) bond motifs is 1. The minimum Gasteiger partial charge on any atom is -0.359 e. The lowest BCUT2D eigenvalue weighted by atomic mass is 10.1. The number of likely N-dealkylation sites (N-methyl/N-ethyl adjacent to an activating group) is 1. The maximum atomic E-state index is 13.1. The van der Waals surface area contributed by atoms with E-state index in [0.29, 0.717) is 5.95 Å². The van der Waals surface area contributed by atoms with Crippen molar-refractivity contribution in [3.05, 3.63) is 48.0 Å². The standard InChI is InChI=1S/C27H35N9O/c1-6-21-23(16-35(5)33-21)31-27-29-14-17(2)24(32-27)20-15-28-25-19(20)8-7-9-22(25)30-26(37)18(3)36-12-10-34(4)11-13-36/h7-9,14-16,18,28H,6,10-13H2,1-5H3,(H,30,37)(H,29,31,32). The molecule has 10 heteroatoms. The molecule has 1 aliphatic rings. The van der Waals surface area contributed by atoms with E-state index in [-0.39, 0.29) is 11.9 Å². The summed E-state index contributed by atoms with van der Waals surface area (Å²) in [5, 5.41) is 12.0. The number of aromatic amines is 1. The average molecular weight is 502 g/mol. The van der Waals surface area contributed by atoms with E-state index in [1.807, 2.05) is 57.7 Å². The van der Waals surface area contributed by atoms with Crippen molar-refractivity contribution in [1.29, 1.82) is 0 Å². The van der Waals surface area contributed by atoms with Gasteiger partial charge in [0.25, 0.3) is 0 Å². The van der Waals surface area contributed by atoms with Gasteiger partial charge in [0.05, 0.1) is 34.3 Å². The molecule has 3 N–H and O–H groups in total. The number of nitrogens with one attached hydrogen (secondary N) is 3. The second-order valence-electron chi connectivity index (χ2n) is 9.80. The fourth-order valence-electron chi connectivity index (χ4n) is 4.86. The Hall–Kier alpha value is -3.76. The summed E-state index contributed by atoms with van der Waals surface area (Å²) in [5.41, 5.74) is 6.27. The number of benzene rings is 1. The van der Waals surface area contributed by atoms with Crippen molar-refractivity contribution in [1.82, 2.24) is 34.5 Å². The zero-order chi connectivity index (χ0) is 26.1. The number of carbonyl (C=O) groups excluding carboxylic acids is 1. The average Bonchev–Trinajstić information content (AvgIpc) is 3.48. The van der Waals surface area contributed by atoms with Crippen LogP contribution in [0.4, 0.5) is 17.3 Å². The number of H-pyrrole nitrogens is 1. The van der Waals surface area contributed by atoms with E-state index in [9.17, 15) is 4.79 Å². The smallest absolute Gasteiger partial charge is 0.241 e. The Kier molecular flexibility index (Phi) is 6.94. The molecular formula is C27H35N9O. The molecule has 0 spiro atoms. The highest BCUT2D eigenvalue weighted by Gasteiger charge is 2.25. The lowest BCUT2D eigenvalue weighted by molar-refractivity contribution is -0.121. The van der Waals surface area contributed by atoms with E-state index in [1.54, 1.807) is 4.68 Å². The molecule has 0 radical (unpaired) electrons. The maximum absolute atomic E-state index is 13.1. The first-order valence-corrected chi connectivity index (χ1v) is 12.8. The van der Waals surface area contributed by atoms with Gasteiger partial charge in [-0.2, -0.15) is 5.10 Å². The molecule has 1 aromatic carbocycles. The van der Waals surface area contributed by atoms with Crippen molar-refractivity contribution < 1.29 is 4.79 Å². The molecule has 4 heterocycles. The summed E-state index contributed by atoms with van der Waals surface area (Å²) < 4.78 is 1.79. The maximum Gasteiger partial charge on any atom is 0.241 e. The minimum absolute atomic E-state index is 0.00102. The molecule has 4 aromatic rings. The fourth-order valence-corrected chi connectivity index (χ4v) is 4.86. The molecule has 194 valence electrons. The first kappa shape index (κ1) is 24.9. The number of aryl methyl sites for hydroxylation is 3. The molecule has 1 aliphatic heterocycles. The molecule has 1 fully saturated rings. The molecule has 1 unspecified atom stereocenters. The first-order valence-electron chi connectivity index (χ1n) is 12.8. The van der Waals surface area contributed by atoms with Crippen molar-refractivity contribution in [2.75, 3.05) is 43.9 Å². The van der Waals surface area contributed by atoms with E-state index in [0.717, 1.165) is 77.4 Å². The monoisotopic (exact) mass is 501 g/mol. The van der Waals surface area contributed by atoms with E-state index < -0.39 is 0 Å². The molecule has 1 saturated heterocycles. The van der Waals surface area contributed by atoms with Gasteiger partial charge in [-0.1, -0.05) is 19.1 Å². The van der Waals surface area contributed by atoms with E-state index in [4.69, 9.17) is 4.98 Å². The summed E-state index contributed by atoms with van der Waals surface area (Å²) in [6, 6.07) is 5.75. The van der Waals surface area contributed by atoms with Crippen LogP contribution in [0.1, 0.15) is 25.1 Å². The zero-order valence-corrected chi connectivity index (χ0v) is 22.2. The zero-order valence-electron chi connectivity index (χ0n) is 22.2. The number of hydrogen-bond acceptors (Lipinski definition) is 7. The molecule has 5 rings (SSSR count). The van der Waals surface area contributed by atoms with Crippen LogP contribution < -0.4 is 10.6 Å². The van der Waals surface area contributed by atoms with Crippen LogP contribution in [0.3, 0.4) is 0 Å². The van der Waals surface area contributed by atoms with Gasteiger partial charge in [-0.25, -0.2) is 9.97 Å². The van der Waals surface area contributed by atoms with Crippen LogP contribution in [-0.2, 0) is 18.3 Å². The summed E-state index contributed by atoms with van der Waals surface area (Å²) in [7, 11) is 4.02. The molecular weight excluding hydrogens is 466 g/mol. The van der Waals surface area contributed by atoms with Crippen LogP contribution in [0, 0.1) is 6.92 Å². The Morgan fingerprint density at radius 1 is 1.16 bits per heavy atom. The highest BCUT2D eigenvalue weighted by Crippen LogP contribution is 2.33. The topological polar surface area (TPSA) is 107 Å². The first-order chi connectivity index (χ1) is 17.8. The van der Waals surface area contributed by atoms with Crippen LogP contribution in [0.25, 0.3) is 22.2 Å². The third-order valence-corrected chi connectivity index (χ3v) is 7.15. The molecule has 1 amide bonds. The lowest BCUT2D eigenvalue weighted by Crippen LogP contribution is -2.51. The Bertz CT molecular complexity index is 1410. The number of rotatable bonds is 7. The lowest BCUT2D eigenvalue weighted by Gasteiger charge is -2.35. The van der Waals surface area contributed by atoms with Gasteiger partial charge in [0.2, 0.25) is 11.9 Å². The normalized spacial score (nSPS) is 15.7. The van der Waals surface area contributed by atoms with Gasteiger partial charge >= 0.3 is 0 Å². The van der Waals surface area contributed by atoms with Gasteiger partial charge in [-0.15, -0.1) is 0 Å². The Morgan fingerprint density at radius 3 is 2.70 bits per heavy atom. The van der Waals surface area contributed by atoms with Crippen molar-refractivity contribution in [2.24, 2.45) is 7.05 Å². The molecule has 37 heavy (non-hydrogen) atoms. The predicted molar refractivity (Wildman–Crippen MR) is 147 cm³/mol. The molecule has 1 atom stereocenters. The number of carbonyl (C=O) groups is 1. The molecule has 10 nitrogen and oxygen atoms in total. The van der Waals surface area contributed by atoms with E-state index >= 15 is 0 Å². The number of hydrogen-bond donors (Lipinski definition) is 3. The third kappa shape index (κ3) is 5.07. The number of anilines is 3. The van der Waals surface area contributed by atoms with Crippen molar-refractivity contribution in [3.63, 3.8) is 0 Å². The Labute approximate surface area is 217 Å². The largest absolute Gasteiger partial charge is 0.359 e. The summed E-state index contributed by atoms with van der Waals surface area (Å²) in [5.74, 6) is 0.518. The van der Waals surface area contributed by atoms with Crippen molar-refractivity contribution in [2.45, 2.75) is 33.2 Å². The summed E-state index contributed by atoms with van der Waals surface area (Å²) >= 11 is 0. The predicted octanol–water partition coefficient (Wildman–Crippen LogP) is 3.55. The van der Waals surface area contributed by atoms with Crippen LogP contribution in [0.15, 0.2) is 36.8 Å². The molecule has 0 aliphatic carbocycles. The van der Waals surface area contributed by atoms with Gasteiger partial charge < -0.3 is 20.5 Å². The SMILES string of the molecule is CCc1nn(C)cc1Nc1ncc(C)c(-c2c[nH]c3c(NC(=O)C(C)N4CCN(C)CC4)cccc23)n1. The quantitative estimate of drug-likeness (QED) is 0.356. The number of piperazine rings is 1. The van der Waals surface area contributed by atoms with Crippen molar-refractivity contribution in [3.8, 4) is 11.3 Å². The second-order valence-corrected chi connectivity index (χ2v) is 9.80. The van der Waals surface area contributed by atoms with Crippen LogP contribution in [-0.4, -0.2) is 79.7 Å². The summed E-state index contributed by atoms with van der Waals surface area (Å²) in [6.45, 7) is 9.79. The van der Waals surface area contributed by atoms with Crippen LogP contribution in [0.2, 0.25) is 0 Å². The van der Waals surface area contributed by atoms with Crippen LogP contribution >= 0.6 is 0 Å². The number of nitrogens with zero attached hydrogens (tertiary/aromatic N) is 6. The Morgan fingerprint density at radius 2 is 1.95 bits per heavy atom. The van der Waals surface area contributed by atoms with E-state index in [1.165, 1.54) is 0 Å². The van der Waals surface area contributed by atoms with Gasteiger partial charge in [0.1, 0.15) is 0 Å². The van der Waals surface area contributed by atoms with Crippen LogP contribution in [0.5, 0.6) is 0 Å². The highest BCUT2D eigenvalue weighted by atomic mass is 16.2. The summed E-state index contributed by atoms with van der Waals surface area (Å²) in [4.78, 5) is 30.4. The summed E-state index contributed by atoms with van der Waals surface area (Å²) in [6.07, 6.45) is 6.53. The number of para-hydroxylation sites is 1. The number of aromatic nitrogens is 5. The van der Waals surface area contributed by atoms with Gasteiger partial charge in [0.15, 0.2) is 0 Å². The fraction of sp³-hybridized carbons (Fsp3) is 0.407. The van der Waals surface area contributed by atoms with Gasteiger partial charge in [-0.3, -0.25) is 14.4 Å². The molecule has 0 saturated carbocycles. The molecule has 3 aromatic heterocycles. The molecule has 0 bridgehead atoms. The number of amides is 1. The Balaban J connectivity index is 1.40. The second kappa shape index (κ2) is 10.3. The van der Waals surface area contributed by atoms with Gasteiger partial charge in [0, 0.05) is 62.8 Å². The van der Waals surface area contributed by atoms with E-state index in [2.05, 4.69) is 49.5 Å². The van der Waals surface area contributed by atoms with Gasteiger partial charge in [-0.05, 0) is 38.9 Å². The highest BCUT2D eigenvalue weighted by molar-refractivity contribution is 6.06. The third-order valence-electron chi connectivity index (χ3n) is 7.15. The minimum atomic E-state index is -0.198.